The Hall–Kier alpha value is -2.21. The quantitative estimate of drug-likeness (QED) is 0.876. The van der Waals surface area contributed by atoms with Crippen molar-refractivity contribution >= 4 is 27.5 Å². The van der Waals surface area contributed by atoms with Crippen LogP contribution >= 0.6 is 15.9 Å². The van der Waals surface area contributed by atoms with Crippen molar-refractivity contribution in [3.8, 4) is 17.2 Å². The van der Waals surface area contributed by atoms with Crippen LogP contribution in [0.2, 0.25) is 0 Å². The van der Waals surface area contributed by atoms with E-state index in [1.54, 1.807) is 43.5 Å². The highest BCUT2D eigenvalue weighted by atomic mass is 79.9. The van der Waals surface area contributed by atoms with Crippen molar-refractivity contribution in [1.82, 2.24) is 0 Å². The van der Waals surface area contributed by atoms with Crippen molar-refractivity contribution in [2.45, 2.75) is 0 Å². The summed E-state index contributed by atoms with van der Waals surface area (Å²) in [5, 5.41) is 2.81. The van der Waals surface area contributed by atoms with Crippen molar-refractivity contribution in [2.24, 2.45) is 0 Å². The maximum Gasteiger partial charge on any atom is 0.255 e. The van der Waals surface area contributed by atoms with Crippen LogP contribution in [0.4, 0.5) is 5.69 Å². The van der Waals surface area contributed by atoms with E-state index in [-0.39, 0.29) is 5.91 Å². The van der Waals surface area contributed by atoms with Gasteiger partial charge in [0.05, 0.1) is 21.3 Å². The van der Waals surface area contributed by atoms with E-state index in [2.05, 4.69) is 21.2 Å². The minimum atomic E-state index is -0.255. The average molecular weight is 366 g/mol. The van der Waals surface area contributed by atoms with Crippen LogP contribution in [0.5, 0.6) is 17.2 Å². The molecule has 0 radical (unpaired) electrons. The number of nitrogens with one attached hydrogen (secondary N) is 1. The molecule has 0 aromatic heterocycles. The summed E-state index contributed by atoms with van der Waals surface area (Å²) in [4.78, 5) is 12.3. The number of ether oxygens (including phenoxy) is 3. The largest absolute Gasteiger partial charge is 0.497 e. The molecule has 5 nitrogen and oxygen atoms in total. The number of hydrogen-bond acceptors (Lipinski definition) is 4. The van der Waals surface area contributed by atoms with Crippen LogP contribution in [0, 0.1) is 0 Å². The summed E-state index contributed by atoms with van der Waals surface area (Å²) in [6.07, 6.45) is 0. The lowest BCUT2D eigenvalue weighted by molar-refractivity contribution is 0.102. The van der Waals surface area contributed by atoms with Gasteiger partial charge in [-0.15, -0.1) is 0 Å². The molecule has 0 unspecified atom stereocenters. The Labute approximate surface area is 137 Å². The second-order valence-electron chi connectivity index (χ2n) is 4.38. The molecule has 0 saturated carbocycles. The van der Waals surface area contributed by atoms with E-state index in [0.717, 1.165) is 5.75 Å². The third kappa shape index (κ3) is 3.51. The minimum absolute atomic E-state index is 0.255. The fraction of sp³-hybridized carbons (Fsp3) is 0.188. The Morgan fingerprint density at radius 3 is 1.95 bits per heavy atom. The van der Waals surface area contributed by atoms with Gasteiger partial charge in [0.1, 0.15) is 21.7 Å². The summed E-state index contributed by atoms with van der Waals surface area (Å²) in [5.41, 5.74) is 1.11. The molecule has 0 heterocycles. The number of rotatable bonds is 5. The van der Waals surface area contributed by atoms with E-state index in [9.17, 15) is 4.79 Å². The molecule has 0 aliphatic heterocycles. The molecule has 0 fully saturated rings. The molecule has 0 atom stereocenters. The van der Waals surface area contributed by atoms with Crippen molar-refractivity contribution in [3.63, 3.8) is 0 Å². The van der Waals surface area contributed by atoms with Gasteiger partial charge in [-0.1, -0.05) is 0 Å². The molecule has 2 aromatic rings. The first-order valence-corrected chi connectivity index (χ1v) is 7.25. The van der Waals surface area contributed by atoms with Gasteiger partial charge >= 0.3 is 0 Å². The Bertz CT molecular complexity index is 645. The monoisotopic (exact) mass is 365 g/mol. The molecule has 22 heavy (non-hydrogen) atoms. The Morgan fingerprint density at radius 2 is 1.50 bits per heavy atom. The smallest absolute Gasteiger partial charge is 0.255 e. The molecule has 0 aliphatic carbocycles. The van der Waals surface area contributed by atoms with Crippen LogP contribution in [0.1, 0.15) is 10.4 Å². The summed E-state index contributed by atoms with van der Waals surface area (Å²) >= 11 is 3.37. The predicted octanol–water partition coefficient (Wildman–Crippen LogP) is 3.73. The Kier molecular flexibility index (Phi) is 5.27. The van der Waals surface area contributed by atoms with Crippen molar-refractivity contribution in [2.75, 3.05) is 26.6 Å². The summed E-state index contributed by atoms with van der Waals surface area (Å²) in [5.74, 6) is 1.53. The molecule has 0 bridgehead atoms. The molecule has 6 heteroatoms. The highest BCUT2D eigenvalue weighted by Gasteiger charge is 2.14. The van der Waals surface area contributed by atoms with Gasteiger partial charge in [-0.3, -0.25) is 4.79 Å². The number of benzene rings is 2. The number of hydrogen-bond donors (Lipinski definition) is 1. The number of carbonyl (C=O) groups excluding carboxylic acids is 1. The standard InChI is InChI=1S/C16H16BrNO4/c1-20-12-6-4-11(5-7-12)18-16(19)10-8-13(21-2)15(17)14(9-10)22-3/h4-9H,1-3H3,(H,18,19). The van der Waals surface area contributed by atoms with E-state index < -0.39 is 0 Å². The summed E-state index contributed by atoms with van der Waals surface area (Å²) in [6.45, 7) is 0. The molecule has 2 aromatic carbocycles. The minimum Gasteiger partial charge on any atom is -0.497 e. The molecular weight excluding hydrogens is 350 g/mol. The number of methoxy groups -OCH3 is 3. The van der Waals surface area contributed by atoms with Gasteiger partial charge in [-0.25, -0.2) is 0 Å². The second-order valence-corrected chi connectivity index (χ2v) is 5.17. The third-order valence-electron chi connectivity index (χ3n) is 3.06. The number of carbonyl (C=O) groups is 1. The summed E-state index contributed by atoms with van der Waals surface area (Å²) in [7, 11) is 4.66. The highest BCUT2D eigenvalue weighted by Crippen LogP contribution is 2.35. The van der Waals surface area contributed by atoms with Crippen molar-refractivity contribution < 1.29 is 19.0 Å². The van der Waals surface area contributed by atoms with Crippen LogP contribution in [-0.2, 0) is 0 Å². The zero-order valence-electron chi connectivity index (χ0n) is 12.5. The van der Waals surface area contributed by atoms with E-state index >= 15 is 0 Å². The van der Waals surface area contributed by atoms with Crippen molar-refractivity contribution in [3.05, 3.63) is 46.4 Å². The van der Waals surface area contributed by atoms with Gasteiger partial charge in [-0.05, 0) is 52.3 Å². The van der Waals surface area contributed by atoms with Crippen LogP contribution in [0.25, 0.3) is 0 Å². The zero-order chi connectivity index (χ0) is 16.1. The molecule has 0 saturated heterocycles. The maximum absolute atomic E-state index is 12.3. The predicted molar refractivity (Wildman–Crippen MR) is 88.2 cm³/mol. The van der Waals surface area contributed by atoms with Crippen LogP contribution in [0.3, 0.4) is 0 Å². The van der Waals surface area contributed by atoms with Crippen LogP contribution in [0.15, 0.2) is 40.9 Å². The first-order chi connectivity index (χ1) is 10.6. The first-order valence-electron chi connectivity index (χ1n) is 6.46. The Balaban J connectivity index is 2.24. The molecule has 0 aliphatic rings. The van der Waals surface area contributed by atoms with E-state index in [1.165, 1.54) is 14.2 Å². The van der Waals surface area contributed by atoms with Crippen LogP contribution < -0.4 is 19.5 Å². The second kappa shape index (κ2) is 7.17. The van der Waals surface area contributed by atoms with E-state index in [4.69, 9.17) is 14.2 Å². The Morgan fingerprint density at radius 1 is 0.955 bits per heavy atom. The fourth-order valence-corrected chi connectivity index (χ4v) is 2.43. The van der Waals surface area contributed by atoms with E-state index in [0.29, 0.717) is 27.2 Å². The van der Waals surface area contributed by atoms with Gasteiger partial charge in [0, 0.05) is 11.3 Å². The molecule has 1 N–H and O–H groups in total. The first kappa shape index (κ1) is 16.2. The van der Waals surface area contributed by atoms with Gasteiger partial charge in [0.15, 0.2) is 0 Å². The van der Waals surface area contributed by atoms with Crippen molar-refractivity contribution in [1.29, 1.82) is 0 Å². The lowest BCUT2D eigenvalue weighted by Gasteiger charge is -2.12. The summed E-state index contributed by atoms with van der Waals surface area (Å²) in [6, 6.07) is 10.4. The normalized spacial score (nSPS) is 10.0. The number of halogens is 1. The molecular formula is C16H16BrNO4. The molecule has 0 spiro atoms. The zero-order valence-corrected chi connectivity index (χ0v) is 14.1. The number of anilines is 1. The van der Waals surface area contributed by atoms with Gasteiger partial charge in [0.25, 0.3) is 5.91 Å². The maximum atomic E-state index is 12.3. The molecule has 116 valence electrons. The fourth-order valence-electron chi connectivity index (χ4n) is 1.88. The number of amides is 1. The summed E-state index contributed by atoms with van der Waals surface area (Å²) < 4.78 is 16.2. The van der Waals surface area contributed by atoms with Crippen LogP contribution in [-0.4, -0.2) is 27.2 Å². The van der Waals surface area contributed by atoms with Gasteiger partial charge < -0.3 is 19.5 Å². The average Bonchev–Trinajstić information content (AvgIpc) is 2.55. The van der Waals surface area contributed by atoms with E-state index in [1.807, 2.05) is 0 Å². The lowest BCUT2D eigenvalue weighted by atomic mass is 10.1. The highest BCUT2D eigenvalue weighted by molar-refractivity contribution is 9.10. The van der Waals surface area contributed by atoms with Gasteiger partial charge in [0.2, 0.25) is 0 Å². The topological polar surface area (TPSA) is 56.8 Å². The molecule has 1 amide bonds. The SMILES string of the molecule is COc1ccc(NC(=O)c2cc(OC)c(Br)c(OC)c2)cc1. The van der Waals surface area contributed by atoms with Gasteiger partial charge in [-0.2, -0.15) is 0 Å². The molecule has 2 rings (SSSR count). The lowest BCUT2D eigenvalue weighted by Crippen LogP contribution is -2.12. The third-order valence-corrected chi connectivity index (χ3v) is 3.84.